The van der Waals surface area contributed by atoms with E-state index in [4.69, 9.17) is 9.84 Å². The molecule has 0 unspecified atom stereocenters. The van der Waals surface area contributed by atoms with E-state index in [1.807, 2.05) is 24.3 Å². The molecule has 5 rings (SSSR count). The zero-order valence-electron chi connectivity index (χ0n) is 19.9. The van der Waals surface area contributed by atoms with Gasteiger partial charge in [-0.2, -0.15) is 0 Å². The first-order valence-corrected chi connectivity index (χ1v) is 12.3. The summed E-state index contributed by atoms with van der Waals surface area (Å²) in [6.45, 7) is 3.18. The molecule has 1 aliphatic heterocycles. The maximum absolute atomic E-state index is 13.2. The van der Waals surface area contributed by atoms with E-state index < -0.39 is 5.97 Å². The number of carbonyl (C=O) groups excluding carboxylic acids is 2. The molecule has 0 spiro atoms. The lowest BCUT2D eigenvalue weighted by Gasteiger charge is -2.43. The van der Waals surface area contributed by atoms with Gasteiger partial charge in [0.1, 0.15) is 12.4 Å². The predicted octanol–water partition coefficient (Wildman–Crippen LogP) is 5.40. The van der Waals surface area contributed by atoms with Crippen LogP contribution in [0, 0.1) is 0 Å². The number of Topliss-reactive ketones (excluding diaryl/α,β-unsaturated/α-hetero) is 2. The monoisotopic (exact) mass is 471 g/mol. The molecule has 1 heterocycles. The summed E-state index contributed by atoms with van der Waals surface area (Å²) in [5, 5.41) is 9.04. The van der Waals surface area contributed by atoms with Crippen LogP contribution in [0.3, 0.4) is 0 Å². The average Bonchev–Trinajstić information content (AvgIpc) is 2.87. The van der Waals surface area contributed by atoms with Gasteiger partial charge in [-0.15, -0.1) is 0 Å². The number of hydrogen-bond donors (Lipinski definition) is 1. The maximum Gasteiger partial charge on any atom is 0.335 e. The molecule has 0 amide bonds. The molecule has 2 aromatic carbocycles. The Morgan fingerprint density at radius 2 is 1.46 bits per heavy atom. The summed E-state index contributed by atoms with van der Waals surface area (Å²) in [6.07, 6.45) is 4.53. The van der Waals surface area contributed by atoms with Crippen LogP contribution < -0.4 is 4.74 Å². The first-order chi connectivity index (χ1) is 17.0. The standard InChI is InChI=1S/C29H29NO5/c1-2-30-22-5-3-7-24(31)27(22)26(28-23(30)6-4-8-25(28)32)19-13-15-21(16-14-19)35-17-18-9-11-20(12-10-18)29(33)34/h9-16,26H,2-8,17H2,1H3,(H,33,34). The van der Waals surface area contributed by atoms with Gasteiger partial charge in [0.25, 0.3) is 0 Å². The van der Waals surface area contributed by atoms with Gasteiger partial charge in [0, 0.05) is 47.8 Å². The Kier molecular flexibility index (Phi) is 6.29. The highest BCUT2D eigenvalue weighted by Crippen LogP contribution is 2.49. The van der Waals surface area contributed by atoms with Crippen LogP contribution in [0.5, 0.6) is 5.75 Å². The Morgan fingerprint density at radius 3 is 1.97 bits per heavy atom. The Hall–Kier alpha value is -3.67. The summed E-state index contributed by atoms with van der Waals surface area (Å²) in [6, 6.07) is 14.3. The van der Waals surface area contributed by atoms with Crippen LogP contribution in [0.15, 0.2) is 71.1 Å². The Morgan fingerprint density at radius 1 is 0.886 bits per heavy atom. The van der Waals surface area contributed by atoms with Crippen LogP contribution in [0.2, 0.25) is 0 Å². The van der Waals surface area contributed by atoms with Crippen molar-refractivity contribution in [3.8, 4) is 5.75 Å². The van der Waals surface area contributed by atoms with E-state index in [9.17, 15) is 14.4 Å². The van der Waals surface area contributed by atoms with Crippen LogP contribution >= 0.6 is 0 Å². The number of nitrogens with zero attached hydrogens (tertiary/aromatic N) is 1. The van der Waals surface area contributed by atoms with E-state index in [2.05, 4.69) is 11.8 Å². The molecule has 2 aliphatic carbocycles. The SMILES string of the molecule is CCN1C2=C(C(=O)CCC2)C(c2ccc(OCc3ccc(C(=O)O)cc3)cc2)C2=C1CCCC2=O. The largest absolute Gasteiger partial charge is 0.489 e. The third-order valence-electron chi connectivity index (χ3n) is 7.22. The first kappa shape index (κ1) is 23.1. The summed E-state index contributed by atoms with van der Waals surface area (Å²) < 4.78 is 5.91. The molecule has 0 saturated carbocycles. The lowest BCUT2D eigenvalue weighted by Crippen LogP contribution is -2.39. The summed E-state index contributed by atoms with van der Waals surface area (Å²) in [7, 11) is 0. The number of hydrogen-bond acceptors (Lipinski definition) is 5. The lowest BCUT2D eigenvalue weighted by atomic mass is 9.71. The van der Waals surface area contributed by atoms with Crippen molar-refractivity contribution in [2.24, 2.45) is 0 Å². The topological polar surface area (TPSA) is 83.9 Å². The van der Waals surface area contributed by atoms with E-state index in [-0.39, 0.29) is 23.0 Å². The van der Waals surface area contributed by atoms with Crippen molar-refractivity contribution in [3.05, 3.63) is 87.8 Å². The van der Waals surface area contributed by atoms with Gasteiger partial charge in [0.2, 0.25) is 0 Å². The number of aromatic carboxylic acids is 1. The second kappa shape index (κ2) is 9.53. The molecule has 6 heteroatoms. The van der Waals surface area contributed by atoms with Crippen LogP contribution in [0.4, 0.5) is 0 Å². The normalized spacial score (nSPS) is 18.5. The highest BCUT2D eigenvalue weighted by molar-refractivity contribution is 6.06. The number of rotatable bonds is 6. The lowest BCUT2D eigenvalue weighted by molar-refractivity contribution is -0.117. The fourth-order valence-corrected chi connectivity index (χ4v) is 5.60. The average molecular weight is 472 g/mol. The molecule has 0 fully saturated rings. The summed E-state index contributed by atoms with van der Waals surface area (Å²) in [4.78, 5) is 39.6. The number of allylic oxidation sites excluding steroid dienone is 4. The molecule has 0 radical (unpaired) electrons. The van der Waals surface area contributed by atoms with Crippen LogP contribution in [-0.4, -0.2) is 34.1 Å². The Balaban J connectivity index is 1.43. The molecule has 3 aliphatic rings. The maximum atomic E-state index is 13.2. The second-order valence-electron chi connectivity index (χ2n) is 9.31. The summed E-state index contributed by atoms with van der Waals surface area (Å²) in [5.74, 6) is -0.270. The Labute approximate surface area is 204 Å². The van der Waals surface area contributed by atoms with Crippen molar-refractivity contribution in [2.45, 2.75) is 58.0 Å². The van der Waals surface area contributed by atoms with Gasteiger partial charge in [-0.1, -0.05) is 24.3 Å². The van der Waals surface area contributed by atoms with Gasteiger partial charge < -0.3 is 14.7 Å². The van der Waals surface area contributed by atoms with Crippen molar-refractivity contribution in [1.82, 2.24) is 4.90 Å². The fourth-order valence-electron chi connectivity index (χ4n) is 5.60. The van der Waals surface area contributed by atoms with Crippen molar-refractivity contribution in [3.63, 3.8) is 0 Å². The number of ketones is 2. The third-order valence-corrected chi connectivity index (χ3v) is 7.22. The van der Waals surface area contributed by atoms with Crippen molar-refractivity contribution < 1.29 is 24.2 Å². The van der Waals surface area contributed by atoms with Gasteiger partial charge >= 0.3 is 5.97 Å². The molecule has 0 aromatic heterocycles. The van der Waals surface area contributed by atoms with Crippen molar-refractivity contribution in [2.75, 3.05) is 6.54 Å². The molecular formula is C29H29NO5. The number of ether oxygens (including phenoxy) is 1. The minimum absolute atomic E-state index is 0.157. The molecule has 0 saturated heterocycles. The number of benzene rings is 2. The molecule has 180 valence electrons. The van der Waals surface area contributed by atoms with Crippen LogP contribution in [0.1, 0.15) is 72.9 Å². The van der Waals surface area contributed by atoms with Gasteiger partial charge in [-0.3, -0.25) is 9.59 Å². The van der Waals surface area contributed by atoms with E-state index >= 15 is 0 Å². The van der Waals surface area contributed by atoms with Gasteiger partial charge in [0.05, 0.1) is 5.56 Å². The smallest absolute Gasteiger partial charge is 0.335 e. The number of carboxylic acid groups (broad SMARTS) is 1. The fraction of sp³-hybridized carbons (Fsp3) is 0.345. The molecular weight excluding hydrogens is 442 g/mol. The number of carboxylic acids is 1. The zero-order valence-corrected chi connectivity index (χ0v) is 19.9. The van der Waals surface area contributed by atoms with E-state index in [1.165, 1.54) is 0 Å². The van der Waals surface area contributed by atoms with Crippen LogP contribution in [-0.2, 0) is 16.2 Å². The highest BCUT2D eigenvalue weighted by atomic mass is 16.5. The van der Waals surface area contributed by atoms with Crippen molar-refractivity contribution >= 4 is 17.5 Å². The molecule has 1 N–H and O–H groups in total. The minimum atomic E-state index is -0.956. The van der Waals surface area contributed by atoms with E-state index in [0.717, 1.165) is 65.9 Å². The molecule has 0 atom stereocenters. The van der Waals surface area contributed by atoms with E-state index in [0.29, 0.717) is 25.2 Å². The molecule has 35 heavy (non-hydrogen) atoms. The van der Waals surface area contributed by atoms with Gasteiger partial charge in [-0.25, -0.2) is 4.79 Å². The molecule has 6 nitrogen and oxygen atoms in total. The summed E-state index contributed by atoms with van der Waals surface area (Å²) in [5.41, 5.74) is 5.88. The zero-order chi connectivity index (χ0) is 24.5. The van der Waals surface area contributed by atoms with Crippen molar-refractivity contribution in [1.29, 1.82) is 0 Å². The van der Waals surface area contributed by atoms with Crippen LogP contribution in [0.25, 0.3) is 0 Å². The minimum Gasteiger partial charge on any atom is -0.489 e. The van der Waals surface area contributed by atoms with E-state index in [1.54, 1.807) is 24.3 Å². The molecule has 2 aromatic rings. The Bertz CT molecular complexity index is 1190. The molecule has 0 bridgehead atoms. The summed E-state index contributed by atoms with van der Waals surface area (Å²) >= 11 is 0. The first-order valence-electron chi connectivity index (χ1n) is 12.3. The highest BCUT2D eigenvalue weighted by Gasteiger charge is 2.42. The van der Waals surface area contributed by atoms with Gasteiger partial charge in [0.15, 0.2) is 11.6 Å². The number of carbonyl (C=O) groups is 3. The predicted molar refractivity (Wildman–Crippen MR) is 131 cm³/mol. The third kappa shape index (κ3) is 4.29. The quantitative estimate of drug-likeness (QED) is 0.608. The van der Waals surface area contributed by atoms with Gasteiger partial charge in [-0.05, 0) is 68.0 Å². The second-order valence-corrected chi connectivity index (χ2v) is 9.31.